The van der Waals surface area contributed by atoms with Crippen LogP contribution in [0.4, 0.5) is 0 Å². The highest BCUT2D eigenvalue weighted by atomic mass is 16.5. The maximum absolute atomic E-state index is 8.95. The van der Waals surface area contributed by atoms with Crippen LogP contribution in [-0.2, 0) is 4.74 Å². The van der Waals surface area contributed by atoms with Crippen LogP contribution in [0.25, 0.3) is 0 Å². The number of nitrogens with zero attached hydrogens (tertiary/aromatic N) is 1. The third-order valence-electron chi connectivity index (χ3n) is 3.63. The van der Waals surface area contributed by atoms with Crippen molar-refractivity contribution in [3.63, 3.8) is 0 Å². The smallest absolute Gasteiger partial charge is 0.0702 e. The van der Waals surface area contributed by atoms with Crippen molar-refractivity contribution in [2.24, 2.45) is 5.92 Å². The molecule has 15 heavy (non-hydrogen) atoms. The summed E-state index contributed by atoms with van der Waals surface area (Å²) < 4.78 is 5.66. The van der Waals surface area contributed by atoms with Crippen LogP contribution in [0.2, 0.25) is 0 Å². The van der Waals surface area contributed by atoms with E-state index in [0.717, 1.165) is 19.6 Å². The lowest BCUT2D eigenvalue weighted by Gasteiger charge is -2.33. The summed E-state index contributed by atoms with van der Waals surface area (Å²) in [7, 11) is 0. The molecule has 0 bridgehead atoms. The Labute approximate surface area is 92.4 Å². The third-order valence-corrected chi connectivity index (χ3v) is 3.63. The molecule has 2 aliphatic rings. The summed E-state index contributed by atoms with van der Waals surface area (Å²) in [6.45, 7) is 4.81. The molecule has 2 unspecified atom stereocenters. The summed E-state index contributed by atoms with van der Waals surface area (Å²) in [6.07, 6.45) is 6.51. The molecule has 2 aliphatic heterocycles. The van der Waals surface area contributed by atoms with Crippen molar-refractivity contribution in [2.45, 2.75) is 38.2 Å². The normalized spacial score (nSPS) is 33.4. The van der Waals surface area contributed by atoms with Crippen LogP contribution in [0.15, 0.2) is 0 Å². The lowest BCUT2D eigenvalue weighted by Crippen LogP contribution is -2.40. The summed E-state index contributed by atoms with van der Waals surface area (Å²) in [5.41, 5.74) is 0. The second kappa shape index (κ2) is 5.83. The van der Waals surface area contributed by atoms with Gasteiger partial charge in [-0.25, -0.2) is 0 Å². The van der Waals surface area contributed by atoms with Crippen molar-refractivity contribution in [2.75, 3.05) is 32.8 Å². The van der Waals surface area contributed by atoms with E-state index in [1.165, 1.54) is 38.8 Å². The molecule has 0 radical (unpaired) electrons. The summed E-state index contributed by atoms with van der Waals surface area (Å²) >= 11 is 0. The fourth-order valence-electron chi connectivity index (χ4n) is 2.81. The molecule has 0 aromatic rings. The van der Waals surface area contributed by atoms with Crippen LogP contribution in [0.5, 0.6) is 0 Å². The van der Waals surface area contributed by atoms with Crippen molar-refractivity contribution < 1.29 is 9.84 Å². The molecule has 3 nitrogen and oxygen atoms in total. The molecule has 0 aromatic carbocycles. The molecule has 2 atom stereocenters. The van der Waals surface area contributed by atoms with Gasteiger partial charge in [-0.15, -0.1) is 0 Å². The topological polar surface area (TPSA) is 32.7 Å². The van der Waals surface area contributed by atoms with Crippen molar-refractivity contribution in [1.29, 1.82) is 0 Å². The van der Waals surface area contributed by atoms with Crippen LogP contribution < -0.4 is 0 Å². The summed E-state index contributed by atoms with van der Waals surface area (Å²) in [5, 5.41) is 8.95. The van der Waals surface area contributed by atoms with Gasteiger partial charge in [0.15, 0.2) is 0 Å². The summed E-state index contributed by atoms with van der Waals surface area (Å²) in [5.74, 6) is 0.713. The first-order valence-corrected chi connectivity index (χ1v) is 6.33. The number of ether oxygens (including phenoxy) is 1. The van der Waals surface area contributed by atoms with Gasteiger partial charge in [0.2, 0.25) is 0 Å². The van der Waals surface area contributed by atoms with E-state index in [4.69, 9.17) is 9.84 Å². The fourth-order valence-corrected chi connectivity index (χ4v) is 2.81. The highest BCUT2D eigenvalue weighted by Crippen LogP contribution is 2.21. The van der Waals surface area contributed by atoms with Crippen molar-refractivity contribution in [3.05, 3.63) is 0 Å². The van der Waals surface area contributed by atoms with E-state index in [1.807, 2.05) is 0 Å². The zero-order chi connectivity index (χ0) is 10.5. The largest absolute Gasteiger partial charge is 0.396 e. The highest BCUT2D eigenvalue weighted by molar-refractivity contribution is 4.77. The predicted octanol–water partition coefficient (Wildman–Crippen LogP) is 1.26. The summed E-state index contributed by atoms with van der Waals surface area (Å²) in [4.78, 5) is 2.53. The zero-order valence-corrected chi connectivity index (χ0v) is 9.53. The number of aliphatic hydroxyl groups excluding tert-OH is 1. The second-order valence-electron chi connectivity index (χ2n) is 4.92. The van der Waals surface area contributed by atoms with Gasteiger partial charge in [0.25, 0.3) is 0 Å². The molecule has 0 aromatic heterocycles. The van der Waals surface area contributed by atoms with Gasteiger partial charge in [-0.2, -0.15) is 0 Å². The molecule has 88 valence electrons. The molecule has 0 spiro atoms. The molecule has 0 amide bonds. The lowest BCUT2D eigenvalue weighted by molar-refractivity contribution is 0.0533. The molecular weight excluding hydrogens is 190 g/mol. The van der Waals surface area contributed by atoms with E-state index in [1.54, 1.807) is 0 Å². The Kier molecular flexibility index (Phi) is 4.42. The van der Waals surface area contributed by atoms with Gasteiger partial charge < -0.3 is 14.7 Å². The predicted molar refractivity (Wildman–Crippen MR) is 59.8 cm³/mol. The Morgan fingerprint density at radius 2 is 2.20 bits per heavy atom. The highest BCUT2D eigenvalue weighted by Gasteiger charge is 2.23. The number of hydrogen-bond donors (Lipinski definition) is 1. The first-order chi connectivity index (χ1) is 7.38. The second-order valence-corrected chi connectivity index (χ2v) is 4.92. The van der Waals surface area contributed by atoms with Gasteiger partial charge in [0, 0.05) is 26.3 Å². The monoisotopic (exact) mass is 213 g/mol. The summed E-state index contributed by atoms with van der Waals surface area (Å²) in [6, 6.07) is 0. The van der Waals surface area contributed by atoms with E-state index in [-0.39, 0.29) is 0 Å². The Morgan fingerprint density at radius 3 is 2.93 bits per heavy atom. The van der Waals surface area contributed by atoms with Crippen LogP contribution in [-0.4, -0.2) is 49.0 Å². The van der Waals surface area contributed by atoms with Gasteiger partial charge in [-0.05, 0) is 44.6 Å². The van der Waals surface area contributed by atoms with Gasteiger partial charge >= 0.3 is 0 Å². The number of rotatable bonds is 4. The Balaban J connectivity index is 1.71. The standard InChI is InChI=1S/C12H23NO2/c14-7-5-11-3-1-6-13(9-11)10-12-4-2-8-15-12/h11-12,14H,1-10H2. The number of piperidine rings is 1. The molecule has 2 rings (SSSR count). The average molecular weight is 213 g/mol. The van der Waals surface area contributed by atoms with Gasteiger partial charge in [-0.1, -0.05) is 0 Å². The molecule has 3 heteroatoms. The first-order valence-electron chi connectivity index (χ1n) is 6.33. The van der Waals surface area contributed by atoms with Gasteiger partial charge in [0.1, 0.15) is 0 Å². The van der Waals surface area contributed by atoms with Crippen LogP contribution >= 0.6 is 0 Å². The van der Waals surface area contributed by atoms with Gasteiger partial charge in [0.05, 0.1) is 6.10 Å². The minimum atomic E-state index is 0.346. The van der Waals surface area contributed by atoms with Gasteiger partial charge in [-0.3, -0.25) is 0 Å². The molecule has 1 N–H and O–H groups in total. The van der Waals surface area contributed by atoms with Crippen LogP contribution in [0.3, 0.4) is 0 Å². The lowest BCUT2D eigenvalue weighted by atomic mass is 9.95. The minimum absolute atomic E-state index is 0.346. The number of hydrogen-bond acceptors (Lipinski definition) is 3. The first kappa shape index (κ1) is 11.4. The fraction of sp³-hybridized carbons (Fsp3) is 1.00. The molecule has 2 fully saturated rings. The number of aliphatic hydroxyl groups is 1. The number of likely N-dealkylation sites (tertiary alicyclic amines) is 1. The van der Waals surface area contributed by atoms with Crippen molar-refractivity contribution in [3.8, 4) is 0 Å². The Morgan fingerprint density at radius 1 is 1.27 bits per heavy atom. The molecule has 0 aliphatic carbocycles. The third kappa shape index (κ3) is 3.44. The molecule has 2 saturated heterocycles. The van der Waals surface area contributed by atoms with E-state index >= 15 is 0 Å². The van der Waals surface area contributed by atoms with E-state index in [0.29, 0.717) is 18.6 Å². The Bertz CT molecular complexity index is 178. The van der Waals surface area contributed by atoms with Crippen molar-refractivity contribution >= 4 is 0 Å². The minimum Gasteiger partial charge on any atom is -0.396 e. The van der Waals surface area contributed by atoms with E-state index in [2.05, 4.69) is 4.90 Å². The molecule has 2 heterocycles. The van der Waals surface area contributed by atoms with E-state index < -0.39 is 0 Å². The van der Waals surface area contributed by atoms with E-state index in [9.17, 15) is 0 Å². The maximum atomic E-state index is 8.95. The maximum Gasteiger partial charge on any atom is 0.0702 e. The Hall–Kier alpha value is -0.120. The molecule has 0 saturated carbocycles. The molecular formula is C12H23NO2. The SMILES string of the molecule is OCCC1CCCN(CC2CCCO2)C1. The van der Waals surface area contributed by atoms with Crippen molar-refractivity contribution in [1.82, 2.24) is 4.90 Å². The average Bonchev–Trinajstić information content (AvgIpc) is 2.71. The van der Waals surface area contributed by atoms with Crippen LogP contribution in [0, 0.1) is 5.92 Å². The quantitative estimate of drug-likeness (QED) is 0.763. The van der Waals surface area contributed by atoms with Crippen LogP contribution in [0.1, 0.15) is 32.1 Å². The zero-order valence-electron chi connectivity index (χ0n) is 9.53.